The number of fused-ring (bicyclic) bond motifs is 2. The number of hydrogen-bond acceptors (Lipinski definition) is 6. The summed E-state index contributed by atoms with van der Waals surface area (Å²) in [5, 5.41) is 14.1. The van der Waals surface area contributed by atoms with Gasteiger partial charge in [0.2, 0.25) is 12.1 Å². The summed E-state index contributed by atoms with van der Waals surface area (Å²) in [6.45, 7) is 0.365. The molecular weight excluding hydrogens is 378 g/mol. The molecule has 9 heteroatoms. The van der Waals surface area contributed by atoms with Crippen LogP contribution in [0.4, 0.5) is 0 Å². The summed E-state index contributed by atoms with van der Waals surface area (Å²) in [5.41, 5.74) is 2.22. The summed E-state index contributed by atoms with van der Waals surface area (Å²) in [4.78, 5) is 4.37. The molecule has 3 heterocycles. The average molecular weight is 397 g/mol. The summed E-state index contributed by atoms with van der Waals surface area (Å²) in [6.07, 6.45) is 5.56. The Labute approximate surface area is 162 Å². The molecule has 4 rings (SSSR count). The van der Waals surface area contributed by atoms with Gasteiger partial charge in [-0.1, -0.05) is 28.3 Å². The molecule has 0 atom stereocenters. The van der Waals surface area contributed by atoms with Crippen molar-refractivity contribution < 1.29 is 13.7 Å². The van der Waals surface area contributed by atoms with E-state index in [4.69, 9.17) is 14.4 Å². The number of hydrogen-bond donors (Lipinski definition) is 2. The minimum atomic E-state index is -2.52. The first-order valence-corrected chi connectivity index (χ1v) is 11.0. The maximum absolute atomic E-state index is 9.98. The van der Waals surface area contributed by atoms with E-state index in [0.717, 1.165) is 16.7 Å². The lowest BCUT2D eigenvalue weighted by atomic mass is 10.2. The fourth-order valence-corrected chi connectivity index (χ4v) is 3.92. The van der Waals surface area contributed by atoms with Crippen LogP contribution in [-0.2, 0) is 10.1 Å². The Morgan fingerprint density at radius 3 is 3.00 bits per heavy atom. The molecule has 1 aromatic carbocycles. The van der Waals surface area contributed by atoms with Gasteiger partial charge in [-0.2, -0.15) is 5.26 Å². The summed E-state index contributed by atoms with van der Waals surface area (Å²) < 4.78 is 26.8. The quantitative estimate of drug-likeness (QED) is 0.292. The Hall–Kier alpha value is -3.22. The summed E-state index contributed by atoms with van der Waals surface area (Å²) >= 11 is 0. The predicted molar refractivity (Wildman–Crippen MR) is 109 cm³/mol. The maximum atomic E-state index is 9.98. The number of furan rings is 1. The first kappa shape index (κ1) is 18.2. The topological polar surface area (TPSA) is 109 Å². The molecule has 0 unspecified atom stereocenters. The molecule has 0 amide bonds. The first-order chi connectivity index (χ1) is 13.6. The second-order valence-corrected chi connectivity index (χ2v) is 9.27. The van der Waals surface area contributed by atoms with Crippen LogP contribution in [0.5, 0.6) is 5.88 Å². The lowest BCUT2D eigenvalue weighted by Crippen LogP contribution is -2.15. The van der Waals surface area contributed by atoms with Crippen molar-refractivity contribution in [2.45, 2.75) is 6.42 Å². The van der Waals surface area contributed by atoms with Crippen molar-refractivity contribution in [2.75, 3.05) is 18.6 Å². The normalized spacial score (nSPS) is 12.2. The molecule has 28 heavy (non-hydrogen) atoms. The molecule has 144 valence electrons. The van der Waals surface area contributed by atoms with E-state index in [1.165, 1.54) is 0 Å². The number of para-hydroxylation sites is 1. The van der Waals surface area contributed by atoms with Crippen LogP contribution in [-0.4, -0.2) is 37.8 Å². The van der Waals surface area contributed by atoms with Crippen molar-refractivity contribution in [1.82, 2.24) is 14.6 Å². The second kappa shape index (κ2) is 7.42. The van der Waals surface area contributed by atoms with Gasteiger partial charge in [-0.05, 0) is 30.9 Å². The molecule has 3 aromatic heterocycles. The molecule has 0 radical (unpaired) electrons. The van der Waals surface area contributed by atoms with Gasteiger partial charge in [0, 0.05) is 17.2 Å². The fourth-order valence-electron chi connectivity index (χ4n) is 2.90. The van der Waals surface area contributed by atoms with Gasteiger partial charge < -0.3 is 13.7 Å². The molecule has 0 aliphatic heterocycles. The van der Waals surface area contributed by atoms with Crippen LogP contribution in [0, 0.1) is 11.5 Å². The van der Waals surface area contributed by atoms with Crippen molar-refractivity contribution in [3.8, 4) is 23.5 Å². The van der Waals surface area contributed by atoms with Gasteiger partial charge in [0.25, 0.3) is 0 Å². The van der Waals surface area contributed by atoms with E-state index >= 15 is 0 Å². The predicted octanol–water partition coefficient (Wildman–Crippen LogP) is 3.57. The van der Waals surface area contributed by atoms with Gasteiger partial charge >= 0.3 is 0 Å². The van der Waals surface area contributed by atoms with Crippen LogP contribution in [0.15, 0.2) is 57.4 Å². The van der Waals surface area contributed by atoms with Gasteiger partial charge in [0.05, 0.1) is 12.8 Å². The van der Waals surface area contributed by atoms with Gasteiger partial charge in [-0.3, -0.25) is 0 Å². The number of imidazole rings is 1. The van der Waals surface area contributed by atoms with E-state index in [0.29, 0.717) is 36.1 Å². The molecule has 4 aromatic rings. The largest absolute Gasteiger partial charge is 0.477 e. The minimum Gasteiger partial charge on any atom is -0.477 e. The molecule has 0 fully saturated rings. The number of nitriles is 1. The zero-order valence-corrected chi connectivity index (χ0v) is 16.1. The number of benzene rings is 1. The van der Waals surface area contributed by atoms with Crippen LogP contribution in [0.1, 0.15) is 6.42 Å². The first-order valence-electron chi connectivity index (χ1n) is 8.72. The molecule has 0 bridgehead atoms. The van der Waals surface area contributed by atoms with E-state index < -0.39 is 10.1 Å². The highest BCUT2D eigenvalue weighted by atomic mass is 32.3. The van der Waals surface area contributed by atoms with E-state index in [-0.39, 0.29) is 0 Å². The molecule has 0 saturated heterocycles. The smallest absolute Gasteiger partial charge is 0.231 e. The Morgan fingerprint density at radius 2 is 2.18 bits per heavy atom. The third kappa shape index (κ3) is 3.74. The van der Waals surface area contributed by atoms with E-state index in [1.807, 2.05) is 36.4 Å². The van der Waals surface area contributed by atoms with E-state index in [1.54, 1.807) is 29.2 Å². The Balaban J connectivity index is 1.53. The van der Waals surface area contributed by atoms with Crippen molar-refractivity contribution in [1.29, 1.82) is 5.26 Å². The highest BCUT2D eigenvalue weighted by molar-refractivity contribution is 7.99. The summed E-state index contributed by atoms with van der Waals surface area (Å²) in [6, 6.07) is 13.3. The molecule has 0 saturated carbocycles. The molecule has 0 aliphatic carbocycles. The monoisotopic (exact) mass is 397 g/mol. The van der Waals surface area contributed by atoms with Gasteiger partial charge in [-0.25, -0.2) is 9.50 Å². The van der Waals surface area contributed by atoms with Gasteiger partial charge in [0.1, 0.15) is 11.3 Å². The summed E-state index contributed by atoms with van der Waals surface area (Å²) in [7, 11) is -2.52. The second-order valence-electron chi connectivity index (χ2n) is 6.45. The molecule has 0 aliphatic rings. The third-order valence-electron chi connectivity index (χ3n) is 4.25. The average Bonchev–Trinajstić information content (AvgIpc) is 3.28. The van der Waals surface area contributed by atoms with Gasteiger partial charge in [-0.15, -0.1) is 9.46 Å². The molecule has 1 N–H and O–H groups in total. The Bertz CT molecular complexity index is 1200. The van der Waals surface area contributed by atoms with Crippen LogP contribution >= 0.6 is 0 Å². The number of aromatic nitrogens is 3. The third-order valence-corrected chi connectivity index (χ3v) is 5.94. The fraction of sp³-hybridized carbons (Fsp3) is 0.211. The Morgan fingerprint density at radius 1 is 1.32 bits per heavy atom. The number of nitrogens with zero attached hydrogens (tertiary/aromatic N) is 5. The highest BCUT2D eigenvalue weighted by Gasteiger charge is 2.13. The number of rotatable bonds is 6. The van der Waals surface area contributed by atoms with Crippen molar-refractivity contribution >= 4 is 26.7 Å². The van der Waals surface area contributed by atoms with E-state index in [9.17, 15) is 4.55 Å². The van der Waals surface area contributed by atoms with Crippen LogP contribution in [0.3, 0.4) is 0 Å². The van der Waals surface area contributed by atoms with Crippen LogP contribution < -0.4 is 4.74 Å². The lowest BCUT2D eigenvalue weighted by molar-refractivity contribution is 0.301. The van der Waals surface area contributed by atoms with Gasteiger partial charge in [0.15, 0.2) is 11.4 Å². The zero-order chi connectivity index (χ0) is 19.6. The van der Waals surface area contributed by atoms with E-state index in [2.05, 4.69) is 14.4 Å². The minimum absolute atomic E-state index is 0.365. The Kier molecular flexibility index (Phi) is 4.81. The highest BCUT2D eigenvalue weighted by Crippen LogP contribution is 2.28. The number of ether oxygens (including phenoxy) is 1. The SMILES string of the molecule is C[SH](O)(CCCOc1ccc2ncc(-c3cc4ccccc4o3)n2n1)=NC#N. The molecular formula is C19H19N5O3S. The maximum Gasteiger partial charge on any atom is 0.231 e. The standard InChI is InChI=1S/C19H19N5O3S/c1-28(25,22-13-20)10-4-9-26-19-8-7-18-21-12-15(24(18)23-19)17-11-14-5-2-3-6-16(14)27-17/h2-3,5-8,11-12,28H,4,9-10H2,1H3,(H,22,25). The van der Waals surface area contributed by atoms with Crippen LogP contribution in [0.2, 0.25) is 0 Å². The molecule has 0 spiro atoms. The number of thiol groups is 1. The van der Waals surface area contributed by atoms with Crippen molar-refractivity contribution in [2.24, 2.45) is 4.36 Å². The zero-order valence-electron chi connectivity index (χ0n) is 15.2. The van der Waals surface area contributed by atoms with Crippen LogP contribution in [0.25, 0.3) is 28.1 Å². The molecule has 8 nitrogen and oxygen atoms in total. The van der Waals surface area contributed by atoms with Crippen molar-refractivity contribution in [3.05, 3.63) is 48.7 Å². The summed E-state index contributed by atoms with van der Waals surface area (Å²) in [5.74, 6) is 1.55. The lowest BCUT2D eigenvalue weighted by Gasteiger charge is -2.15. The van der Waals surface area contributed by atoms with Crippen molar-refractivity contribution in [3.63, 3.8) is 0 Å².